The Morgan fingerprint density at radius 1 is 1.14 bits per heavy atom. The van der Waals surface area contributed by atoms with E-state index >= 15 is 0 Å². The van der Waals surface area contributed by atoms with Gasteiger partial charge in [-0.05, 0) is 37.6 Å². The predicted molar refractivity (Wildman–Crippen MR) is 111 cm³/mol. The molecule has 1 fully saturated rings. The lowest BCUT2D eigenvalue weighted by molar-refractivity contribution is -0.115. The Labute approximate surface area is 171 Å². The fourth-order valence-corrected chi connectivity index (χ4v) is 4.96. The number of carbonyl (C=O) groups is 1. The monoisotopic (exact) mass is 418 g/mol. The fraction of sp³-hybridized carbons (Fsp3) is 0.381. The van der Waals surface area contributed by atoms with Crippen LogP contribution in [0.25, 0.3) is 0 Å². The largest absolute Gasteiger partial charge is 0.496 e. The van der Waals surface area contributed by atoms with Gasteiger partial charge in [0.05, 0.1) is 31.6 Å². The maximum atomic E-state index is 13.0. The Morgan fingerprint density at radius 3 is 2.55 bits per heavy atom. The number of sulfonamides is 1. The summed E-state index contributed by atoms with van der Waals surface area (Å²) >= 11 is 0. The van der Waals surface area contributed by atoms with Crippen molar-refractivity contribution in [2.45, 2.75) is 25.2 Å². The van der Waals surface area contributed by atoms with Crippen molar-refractivity contribution in [2.24, 2.45) is 0 Å². The lowest BCUT2D eigenvalue weighted by Crippen LogP contribution is -2.40. The van der Waals surface area contributed by atoms with Crippen LogP contribution in [0.4, 0.5) is 5.69 Å². The molecule has 0 unspecified atom stereocenters. The number of ether oxygens (including phenoxy) is 2. The number of amides is 1. The summed E-state index contributed by atoms with van der Waals surface area (Å²) in [6.07, 6.45) is 0.129. The molecule has 0 bridgehead atoms. The number of nitrogens with one attached hydrogen (secondary N) is 1. The molecule has 0 atom stereocenters. The van der Waals surface area contributed by atoms with Crippen molar-refractivity contribution in [3.63, 3.8) is 0 Å². The molecule has 29 heavy (non-hydrogen) atoms. The number of hydrogen-bond acceptors (Lipinski definition) is 5. The van der Waals surface area contributed by atoms with E-state index in [-0.39, 0.29) is 17.2 Å². The van der Waals surface area contributed by atoms with Gasteiger partial charge in [0.2, 0.25) is 15.9 Å². The van der Waals surface area contributed by atoms with Crippen LogP contribution in [0.1, 0.15) is 16.7 Å². The van der Waals surface area contributed by atoms with Crippen molar-refractivity contribution in [3.05, 3.63) is 53.1 Å². The van der Waals surface area contributed by atoms with E-state index in [9.17, 15) is 13.2 Å². The van der Waals surface area contributed by atoms with E-state index in [0.29, 0.717) is 43.3 Å². The first-order valence-electron chi connectivity index (χ1n) is 9.43. The minimum absolute atomic E-state index is 0.129. The molecule has 0 aromatic heterocycles. The smallest absolute Gasteiger partial charge is 0.243 e. The number of anilines is 1. The zero-order chi connectivity index (χ0) is 21.0. The Kier molecular flexibility index (Phi) is 6.56. The van der Waals surface area contributed by atoms with Gasteiger partial charge < -0.3 is 14.8 Å². The predicted octanol–water partition coefficient (Wildman–Crippen LogP) is 2.51. The SMILES string of the molecule is COc1ccc(C)cc1CC(=O)Nc1ccc(C)c(S(=O)(=O)N2CCOCC2)c1. The molecule has 0 aliphatic carbocycles. The van der Waals surface area contributed by atoms with Crippen LogP contribution in [0.5, 0.6) is 5.75 Å². The van der Waals surface area contributed by atoms with E-state index in [0.717, 1.165) is 11.1 Å². The second-order valence-electron chi connectivity index (χ2n) is 7.04. The summed E-state index contributed by atoms with van der Waals surface area (Å²) in [5.41, 5.74) is 2.88. The maximum Gasteiger partial charge on any atom is 0.243 e. The summed E-state index contributed by atoms with van der Waals surface area (Å²) in [4.78, 5) is 12.8. The number of rotatable bonds is 6. The number of carbonyl (C=O) groups excluding carboxylic acids is 1. The standard InChI is InChI=1S/C21H26N2O5S/c1-15-4-7-19(27-3)17(12-15)13-21(24)22-18-6-5-16(2)20(14-18)29(25,26)23-8-10-28-11-9-23/h4-7,12,14H,8-11,13H2,1-3H3,(H,22,24). The van der Waals surface area contributed by atoms with Gasteiger partial charge in [-0.15, -0.1) is 0 Å². The molecule has 7 nitrogen and oxygen atoms in total. The number of hydrogen-bond donors (Lipinski definition) is 1. The molecular formula is C21H26N2O5S. The Balaban J connectivity index is 1.79. The van der Waals surface area contributed by atoms with Crippen LogP contribution in [-0.2, 0) is 26.0 Å². The molecule has 1 aliphatic rings. The number of nitrogens with zero attached hydrogens (tertiary/aromatic N) is 1. The third-order valence-electron chi connectivity index (χ3n) is 4.85. The summed E-state index contributed by atoms with van der Waals surface area (Å²) in [5, 5.41) is 2.80. The topological polar surface area (TPSA) is 84.9 Å². The van der Waals surface area contributed by atoms with Crippen LogP contribution in [0.15, 0.2) is 41.3 Å². The van der Waals surface area contributed by atoms with Crippen molar-refractivity contribution in [3.8, 4) is 5.75 Å². The van der Waals surface area contributed by atoms with Crippen LogP contribution in [0.3, 0.4) is 0 Å². The molecule has 1 N–H and O–H groups in total. The Bertz CT molecular complexity index is 998. The number of morpholine rings is 1. The molecule has 2 aromatic carbocycles. The van der Waals surface area contributed by atoms with Crippen LogP contribution in [-0.4, -0.2) is 52.0 Å². The number of methoxy groups -OCH3 is 1. The molecular weight excluding hydrogens is 392 g/mol. The molecule has 0 radical (unpaired) electrons. The molecule has 1 aliphatic heterocycles. The number of aryl methyl sites for hydroxylation is 2. The summed E-state index contributed by atoms with van der Waals surface area (Å²) < 4.78 is 38.0. The van der Waals surface area contributed by atoms with Crippen molar-refractivity contribution in [1.29, 1.82) is 0 Å². The van der Waals surface area contributed by atoms with Gasteiger partial charge in [0.15, 0.2) is 0 Å². The quantitative estimate of drug-likeness (QED) is 0.779. The zero-order valence-electron chi connectivity index (χ0n) is 16.9. The Morgan fingerprint density at radius 2 is 1.86 bits per heavy atom. The highest BCUT2D eigenvalue weighted by molar-refractivity contribution is 7.89. The van der Waals surface area contributed by atoms with E-state index in [1.54, 1.807) is 26.2 Å². The van der Waals surface area contributed by atoms with Gasteiger partial charge >= 0.3 is 0 Å². The zero-order valence-corrected chi connectivity index (χ0v) is 17.7. The Hall–Kier alpha value is -2.42. The van der Waals surface area contributed by atoms with Gasteiger partial charge in [0.25, 0.3) is 0 Å². The van der Waals surface area contributed by atoms with Crippen molar-refractivity contribution < 1.29 is 22.7 Å². The molecule has 3 rings (SSSR count). The molecule has 2 aromatic rings. The third-order valence-corrected chi connectivity index (χ3v) is 6.89. The molecule has 8 heteroatoms. The molecule has 1 saturated heterocycles. The van der Waals surface area contributed by atoms with Crippen LogP contribution >= 0.6 is 0 Å². The first-order valence-corrected chi connectivity index (χ1v) is 10.9. The molecule has 0 saturated carbocycles. The van der Waals surface area contributed by atoms with Gasteiger partial charge in [-0.25, -0.2) is 8.42 Å². The van der Waals surface area contributed by atoms with Gasteiger partial charge in [-0.1, -0.05) is 23.8 Å². The first kappa shape index (κ1) is 21.3. The van der Waals surface area contributed by atoms with Gasteiger partial charge in [-0.3, -0.25) is 4.79 Å². The van der Waals surface area contributed by atoms with Crippen LogP contribution in [0, 0.1) is 13.8 Å². The molecule has 0 spiro atoms. The normalized spacial score (nSPS) is 15.1. The molecule has 1 amide bonds. The maximum absolute atomic E-state index is 13.0. The van der Waals surface area contributed by atoms with E-state index in [4.69, 9.17) is 9.47 Å². The minimum atomic E-state index is -3.64. The summed E-state index contributed by atoms with van der Waals surface area (Å²) in [6.45, 7) is 5.11. The van der Waals surface area contributed by atoms with Crippen LogP contribution in [0.2, 0.25) is 0 Å². The van der Waals surface area contributed by atoms with Gasteiger partial charge in [0.1, 0.15) is 5.75 Å². The minimum Gasteiger partial charge on any atom is -0.496 e. The highest BCUT2D eigenvalue weighted by Crippen LogP contribution is 2.25. The third kappa shape index (κ3) is 4.95. The second kappa shape index (κ2) is 8.94. The number of benzene rings is 2. The molecule has 1 heterocycles. The lowest BCUT2D eigenvalue weighted by Gasteiger charge is -2.26. The second-order valence-corrected chi connectivity index (χ2v) is 8.94. The summed E-state index contributed by atoms with van der Waals surface area (Å²) in [5.74, 6) is 0.401. The first-order chi connectivity index (χ1) is 13.8. The fourth-order valence-electron chi connectivity index (χ4n) is 3.31. The molecule has 156 valence electrons. The van der Waals surface area contributed by atoms with Crippen molar-refractivity contribution in [2.75, 3.05) is 38.7 Å². The van der Waals surface area contributed by atoms with Crippen LogP contribution < -0.4 is 10.1 Å². The highest BCUT2D eigenvalue weighted by Gasteiger charge is 2.28. The average Bonchev–Trinajstić information content (AvgIpc) is 2.70. The van der Waals surface area contributed by atoms with E-state index in [2.05, 4.69) is 5.32 Å². The highest BCUT2D eigenvalue weighted by atomic mass is 32.2. The van der Waals surface area contributed by atoms with Crippen molar-refractivity contribution in [1.82, 2.24) is 4.31 Å². The van der Waals surface area contributed by atoms with E-state index in [1.165, 1.54) is 10.4 Å². The summed E-state index contributed by atoms with van der Waals surface area (Å²) in [6, 6.07) is 10.6. The van der Waals surface area contributed by atoms with Crippen molar-refractivity contribution >= 4 is 21.6 Å². The van der Waals surface area contributed by atoms with Gasteiger partial charge in [0, 0.05) is 24.3 Å². The lowest BCUT2D eigenvalue weighted by atomic mass is 10.1. The van der Waals surface area contributed by atoms with Gasteiger partial charge in [-0.2, -0.15) is 4.31 Å². The summed E-state index contributed by atoms with van der Waals surface area (Å²) in [7, 11) is -2.08. The average molecular weight is 419 g/mol. The van der Waals surface area contributed by atoms with E-state index < -0.39 is 10.0 Å². The van der Waals surface area contributed by atoms with E-state index in [1.807, 2.05) is 25.1 Å².